The molecule has 0 radical (unpaired) electrons. The molecule has 0 bridgehead atoms. The number of hydrogen-bond acceptors (Lipinski definition) is 5. The molecular formula is C10H13NO4S. The van der Waals surface area contributed by atoms with Crippen LogP contribution < -0.4 is 5.73 Å². The highest BCUT2D eigenvalue weighted by Gasteiger charge is 2.26. The summed E-state index contributed by atoms with van der Waals surface area (Å²) in [6.07, 6.45) is 0. The molecule has 3 N–H and O–H groups in total. The fraction of sp³-hybridized carbons (Fsp3) is 0.400. The van der Waals surface area contributed by atoms with E-state index >= 15 is 0 Å². The number of esters is 1. The zero-order valence-corrected chi connectivity index (χ0v) is 10.1. The molecule has 5 nitrogen and oxygen atoms in total. The standard InChI is InChI=1S/C10H13NO4S/c1-10(2,3)15-9(14)5-4-16-7(11)6(5)8(12)13/h4H,11H2,1-3H3,(H,12,13). The van der Waals surface area contributed by atoms with Crippen molar-refractivity contribution in [3.8, 4) is 0 Å². The van der Waals surface area contributed by atoms with Gasteiger partial charge in [0.2, 0.25) is 0 Å². The molecule has 0 saturated heterocycles. The van der Waals surface area contributed by atoms with Gasteiger partial charge in [-0.15, -0.1) is 11.3 Å². The first-order valence-electron chi connectivity index (χ1n) is 4.56. The Morgan fingerprint density at radius 1 is 1.44 bits per heavy atom. The van der Waals surface area contributed by atoms with Crippen LogP contribution in [0.25, 0.3) is 0 Å². The van der Waals surface area contributed by atoms with Gasteiger partial charge in [-0.1, -0.05) is 0 Å². The largest absolute Gasteiger partial charge is 0.478 e. The Labute approximate surface area is 96.8 Å². The predicted octanol–water partition coefficient (Wildman–Crippen LogP) is 1.98. The number of hydrogen-bond donors (Lipinski definition) is 2. The second-order valence-electron chi connectivity index (χ2n) is 4.20. The quantitative estimate of drug-likeness (QED) is 0.775. The number of thiophene rings is 1. The third-order valence-corrected chi connectivity index (χ3v) is 2.46. The van der Waals surface area contributed by atoms with Crippen molar-refractivity contribution >= 4 is 28.3 Å². The van der Waals surface area contributed by atoms with Crippen molar-refractivity contribution in [1.29, 1.82) is 0 Å². The number of nitrogen functional groups attached to an aromatic ring is 1. The van der Waals surface area contributed by atoms with Crippen LogP contribution in [-0.4, -0.2) is 22.6 Å². The molecule has 6 heteroatoms. The second-order valence-corrected chi connectivity index (χ2v) is 5.11. The molecular weight excluding hydrogens is 230 g/mol. The van der Waals surface area contributed by atoms with E-state index in [0.717, 1.165) is 11.3 Å². The van der Waals surface area contributed by atoms with E-state index in [1.54, 1.807) is 20.8 Å². The van der Waals surface area contributed by atoms with Crippen LogP contribution in [0.4, 0.5) is 5.00 Å². The number of carbonyl (C=O) groups is 2. The normalized spacial score (nSPS) is 11.2. The van der Waals surface area contributed by atoms with Crippen LogP contribution in [0.15, 0.2) is 5.38 Å². The van der Waals surface area contributed by atoms with Crippen molar-refractivity contribution in [3.05, 3.63) is 16.5 Å². The maximum Gasteiger partial charge on any atom is 0.340 e. The fourth-order valence-electron chi connectivity index (χ4n) is 1.08. The van der Waals surface area contributed by atoms with E-state index in [0.29, 0.717) is 0 Å². The summed E-state index contributed by atoms with van der Waals surface area (Å²) < 4.78 is 5.08. The molecule has 0 aromatic carbocycles. The second kappa shape index (κ2) is 4.13. The number of aromatic carboxylic acids is 1. The lowest BCUT2D eigenvalue weighted by molar-refractivity contribution is 0.00666. The van der Waals surface area contributed by atoms with Crippen LogP contribution in [0.1, 0.15) is 41.5 Å². The minimum Gasteiger partial charge on any atom is -0.478 e. The van der Waals surface area contributed by atoms with Gasteiger partial charge in [0.1, 0.15) is 16.2 Å². The molecule has 1 rings (SSSR count). The molecule has 0 atom stereocenters. The molecule has 0 aliphatic heterocycles. The zero-order valence-electron chi connectivity index (χ0n) is 9.23. The third kappa shape index (κ3) is 2.73. The fourth-order valence-corrected chi connectivity index (χ4v) is 1.85. The van der Waals surface area contributed by atoms with Crippen molar-refractivity contribution < 1.29 is 19.4 Å². The van der Waals surface area contributed by atoms with Gasteiger partial charge in [-0.3, -0.25) is 0 Å². The summed E-state index contributed by atoms with van der Waals surface area (Å²) in [5.41, 5.74) is 4.63. The van der Waals surface area contributed by atoms with Crippen molar-refractivity contribution in [1.82, 2.24) is 0 Å². The first-order valence-corrected chi connectivity index (χ1v) is 5.44. The summed E-state index contributed by atoms with van der Waals surface area (Å²) in [6.45, 7) is 5.13. The topological polar surface area (TPSA) is 89.6 Å². The number of nitrogens with two attached hydrogens (primary N) is 1. The van der Waals surface area contributed by atoms with Crippen LogP contribution in [0.2, 0.25) is 0 Å². The van der Waals surface area contributed by atoms with E-state index in [1.807, 2.05) is 0 Å². The van der Waals surface area contributed by atoms with Crippen LogP contribution in [0.5, 0.6) is 0 Å². The van der Waals surface area contributed by atoms with E-state index in [4.69, 9.17) is 15.6 Å². The molecule has 0 aliphatic carbocycles. The van der Waals surface area contributed by atoms with E-state index in [2.05, 4.69) is 0 Å². The van der Waals surface area contributed by atoms with E-state index < -0.39 is 17.5 Å². The molecule has 0 unspecified atom stereocenters. The van der Waals surface area contributed by atoms with Gasteiger partial charge in [-0.05, 0) is 20.8 Å². The maximum absolute atomic E-state index is 11.7. The van der Waals surface area contributed by atoms with Crippen molar-refractivity contribution in [2.75, 3.05) is 5.73 Å². The summed E-state index contributed by atoms with van der Waals surface area (Å²) in [7, 11) is 0. The Balaban J connectivity index is 3.05. The molecule has 0 amide bonds. The molecule has 0 fully saturated rings. The number of ether oxygens (including phenoxy) is 1. The highest BCUT2D eigenvalue weighted by molar-refractivity contribution is 7.14. The molecule has 0 spiro atoms. The number of rotatable bonds is 2. The average molecular weight is 243 g/mol. The number of anilines is 1. The maximum atomic E-state index is 11.7. The van der Waals surface area contributed by atoms with Gasteiger partial charge in [-0.2, -0.15) is 0 Å². The lowest BCUT2D eigenvalue weighted by atomic mass is 10.1. The van der Waals surface area contributed by atoms with Gasteiger partial charge in [0, 0.05) is 5.38 Å². The Hall–Kier alpha value is -1.56. The van der Waals surface area contributed by atoms with Crippen molar-refractivity contribution in [2.45, 2.75) is 26.4 Å². The summed E-state index contributed by atoms with van der Waals surface area (Å²) in [6, 6.07) is 0. The van der Waals surface area contributed by atoms with Gasteiger partial charge < -0.3 is 15.6 Å². The Kier molecular flexibility index (Phi) is 3.23. The highest BCUT2D eigenvalue weighted by Crippen LogP contribution is 2.26. The highest BCUT2D eigenvalue weighted by atomic mass is 32.1. The summed E-state index contributed by atoms with van der Waals surface area (Å²) in [5.74, 6) is -1.89. The van der Waals surface area contributed by atoms with Crippen molar-refractivity contribution in [3.63, 3.8) is 0 Å². The SMILES string of the molecule is CC(C)(C)OC(=O)c1csc(N)c1C(=O)O. The number of carboxylic acids is 1. The van der Waals surface area contributed by atoms with Crippen LogP contribution in [0, 0.1) is 0 Å². The van der Waals surface area contributed by atoms with Gasteiger partial charge in [0.25, 0.3) is 0 Å². The van der Waals surface area contributed by atoms with Gasteiger partial charge in [-0.25, -0.2) is 9.59 Å². The summed E-state index contributed by atoms with van der Waals surface area (Å²) in [5, 5.41) is 10.4. The average Bonchev–Trinajstić information content (AvgIpc) is 2.43. The Morgan fingerprint density at radius 3 is 2.44 bits per heavy atom. The minimum atomic E-state index is -1.22. The smallest absolute Gasteiger partial charge is 0.340 e. The van der Waals surface area contributed by atoms with Gasteiger partial charge in [0.15, 0.2) is 0 Å². The molecule has 1 aromatic heterocycles. The number of carboxylic acid groups (broad SMARTS) is 1. The summed E-state index contributed by atoms with van der Waals surface area (Å²) in [4.78, 5) is 22.6. The molecule has 0 aliphatic rings. The van der Waals surface area contributed by atoms with Crippen LogP contribution >= 0.6 is 11.3 Å². The first-order chi connectivity index (χ1) is 7.22. The van der Waals surface area contributed by atoms with Crippen LogP contribution in [-0.2, 0) is 4.74 Å². The summed E-state index contributed by atoms with van der Waals surface area (Å²) >= 11 is 1.01. The van der Waals surface area contributed by atoms with Crippen LogP contribution in [0.3, 0.4) is 0 Å². The molecule has 1 aromatic rings. The lowest BCUT2D eigenvalue weighted by Gasteiger charge is -2.19. The Bertz CT molecular complexity index is 431. The van der Waals surface area contributed by atoms with Crippen molar-refractivity contribution in [2.24, 2.45) is 0 Å². The monoisotopic (exact) mass is 243 g/mol. The molecule has 0 saturated carbocycles. The molecule has 1 heterocycles. The lowest BCUT2D eigenvalue weighted by Crippen LogP contribution is -2.24. The van der Waals surface area contributed by atoms with E-state index in [1.165, 1.54) is 5.38 Å². The molecule has 16 heavy (non-hydrogen) atoms. The third-order valence-electron chi connectivity index (χ3n) is 1.65. The van der Waals surface area contributed by atoms with Gasteiger partial charge in [0.05, 0.1) is 5.56 Å². The van der Waals surface area contributed by atoms with E-state index in [-0.39, 0.29) is 16.1 Å². The first kappa shape index (κ1) is 12.5. The molecule has 88 valence electrons. The number of carbonyl (C=O) groups excluding carboxylic acids is 1. The minimum absolute atomic E-state index is 0.00456. The zero-order chi connectivity index (χ0) is 12.5. The van der Waals surface area contributed by atoms with Gasteiger partial charge >= 0.3 is 11.9 Å². The predicted molar refractivity (Wildman–Crippen MR) is 60.9 cm³/mol. The van der Waals surface area contributed by atoms with E-state index in [9.17, 15) is 9.59 Å². The Morgan fingerprint density at radius 2 is 2.00 bits per heavy atom.